The smallest absolute Gasteiger partial charge is 0.319 e. The van der Waals surface area contributed by atoms with E-state index in [-0.39, 0.29) is 12.1 Å². The van der Waals surface area contributed by atoms with Crippen molar-refractivity contribution in [1.29, 1.82) is 0 Å². The third kappa shape index (κ3) is 2.49. The highest BCUT2D eigenvalue weighted by Crippen LogP contribution is 2.39. The van der Waals surface area contributed by atoms with Crippen LogP contribution in [-0.2, 0) is 16.8 Å². The van der Waals surface area contributed by atoms with Crippen molar-refractivity contribution in [3.05, 3.63) is 71.0 Å². The van der Waals surface area contributed by atoms with Gasteiger partial charge in [0.25, 0.3) is 5.91 Å². The summed E-state index contributed by atoms with van der Waals surface area (Å²) in [6, 6.07) is 12.1. The highest BCUT2D eigenvalue weighted by molar-refractivity contribution is 6.11. The number of fused-ring (bicyclic) bond motifs is 2. The average molecular weight is 352 g/mol. The largest absolute Gasteiger partial charge is 0.325 e. The number of imide groups is 1. The van der Waals surface area contributed by atoms with E-state index in [9.17, 15) is 18.8 Å². The van der Waals surface area contributed by atoms with E-state index < -0.39 is 29.1 Å². The van der Waals surface area contributed by atoms with Crippen molar-refractivity contribution in [2.24, 2.45) is 0 Å². The summed E-state index contributed by atoms with van der Waals surface area (Å²) in [6.45, 7) is -0.361. The van der Waals surface area contributed by atoms with Gasteiger partial charge in [-0.2, -0.15) is 0 Å². The van der Waals surface area contributed by atoms with E-state index in [0.29, 0.717) is 6.42 Å². The lowest BCUT2D eigenvalue weighted by Crippen LogP contribution is -2.46. The van der Waals surface area contributed by atoms with Crippen molar-refractivity contribution in [3.63, 3.8) is 0 Å². The first-order valence-electron chi connectivity index (χ1n) is 8.52. The topological polar surface area (TPSA) is 66.5 Å². The second-order valence-electron chi connectivity index (χ2n) is 6.67. The Morgan fingerprint density at radius 1 is 1.12 bits per heavy atom. The summed E-state index contributed by atoms with van der Waals surface area (Å²) in [6.07, 6.45) is 2.15. The van der Waals surface area contributed by atoms with Gasteiger partial charge in [0.05, 0.1) is 6.54 Å². The number of ketones is 1. The molecule has 1 fully saturated rings. The Morgan fingerprint density at radius 2 is 1.85 bits per heavy atom. The first kappa shape index (κ1) is 16.4. The number of aryl methyl sites for hydroxylation is 1. The van der Waals surface area contributed by atoms with Crippen molar-refractivity contribution >= 4 is 17.7 Å². The number of nitrogens with zero attached hydrogens (tertiary/aromatic N) is 1. The van der Waals surface area contributed by atoms with E-state index in [0.717, 1.165) is 28.9 Å². The number of halogens is 1. The molecule has 3 amide bonds. The number of rotatable bonds is 3. The van der Waals surface area contributed by atoms with Gasteiger partial charge in [-0.1, -0.05) is 24.3 Å². The monoisotopic (exact) mass is 352 g/mol. The molecule has 0 aromatic heterocycles. The predicted molar refractivity (Wildman–Crippen MR) is 92.0 cm³/mol. The molecule has 1 saturated heterocycles. The average Bonchev–Trinajstić information content (AvgIpc) is 2.87. The van der Waals surface area contributed by atoms with Crippen LogP contribution in [0.15, 0.2) is 48.5 Å². The number of carbonyl (C=O) groups is 3. The van der Waals surface area contributed by atoms with E-state index in [1.807, 2.05) is 24.3 Å². The van der Waals surface area contributed by atoms with Gasteiger partial charge >= 0.3 is 6.03 Å². The van der Waals surface area contributed by atoms with Gasteiger partial charge in [0.15, 0.2) is 5.78 Å². The number of carbonyl (C=O) groups excluding carboxylic acids is 3. The molecule has 1 atom stereocenters. The summed E-state index contributed by atoms with van der Waals surface area (Å²) in [7, 11) is 0. The van der Waals surface area contributed by atoms with Crippen LogP contribution in [0, 0.1) is 5.82 Å². The number of urea groups is 1. The number of amides is 3. The molecule has 0 radical (unpaired) electrons. The Labute approximate surface area is 149 Å². The van der Waals surface area contributed by atoms with Gasteiger partial charge in [0.1, 0.15) is 11.4 Å². The molecule has 2 aliphatic rings. The normalized spacial score (nSPS) is 21.7. The maximum Gasteiger partial charge on any atom is 0.325 e. The van der Waals surface area contributed by atoms with Crippen LogP contribution in [0.1, 0.15) is 34.3 Å². The predicted octanol–water partition coefficient (Wildman–Crippen LogP) is 2.79. The second-order valence-corrected chi connectivity index (χ2v) is 6.67. The molecule has 4 rings (SSSR count). The number of nitrogens with one attached hydrogen (secondary N) is 1. The molecule has 1 spiro atoms. The van der Waals surface area contributed by atoms with Gasteiger partial charge in [-0.05, 0) is 54.7 Å². The first-order chi connectivity index (χ1) is 12.5. The van der Waals surface area contributed by atoms with Gasteiger partial charge in [-0.15, -0.1) is 0 Å². The van der Waals surface area contributed by atoms with Crippen molar-refractivity contribution in [2.45, 2.75) is 24.8 Å². The Morgan fingerprint density at radius 3 is 2.62 bits per heavy atom. The number of hydrogen-bond donors (Lipinski definition) is 1. The number of Topliss-reactive ketones (excluding diaryl/α,β-unsaturated/α-hetero) is 1. The first-order valence-corrected chi connectivity index (χ1v) is 8.52. The lowest BCUT2D eigenvalue weighted by Gasteiger charge is -2.33. The molecule has 0 unspecified atom stereocenters. The van der Waals surface area contributed by atoms with Gasteiger partial charge in [-0.3, -0.25) is 14.5 Å². The fourth-order valence-corrected chi connectivity index (χ4v) is 3.83. The van der Waals surface area contributed by atoms with Crippen LogP contribution in [0.3, 0.4) is 0 Å². The summed E-state index contributed by atoms with van der Waals surface area (Å²) in [5.41, 5.74) is 1.02. The molecule has 1 N–H and O–H groups in total. The highest BCUT2D eigenvalue weighted by Gasteiger charge is 2.54. The van der Waals surface area contributed by atoms with Gasteiger partial charge < -0.3 is 5.32 Å². The molecule has 1 heterocycles. The number of benzene rings is 2. The van der Waals surface area contributed by atoms with E-state index >= 15 is 0 Å². The summed E-state index contributed by atoms with van der Waals surface area (Å²) in [4.78, 5) is 39.0. The summed E-state index contributed by atoms with van der Waals surface area (Å²) in [5, 5.41) is 2.82. The molecule has 2 aromatic carbocycles. The maximum atomic E-state index is 13.1. The minimum Gasteiger partial charge on any atom is -0.319 e. The van der Waals surface area contributed by atoms with Crippen LogP contribution in [0.4, 0.5) is 9.18 Å². The Balaban J connectivity index is 1.63. The second kappa shape index (κ2) is 6.05. The zero-order chi connectivity index (χ0) is 18.3. The zero-order valence-electron chi connectivity index (χ0n) is 14.0. The molecule has 1 aliphatic carbocycles. The Kier molecular flexibility index (Phi) is 3.83. The molecule has 5 nitrogen and oxygen atoms in total. The molecular weight excluding hydrogens is 335 g/mol. The fourth-order valence-electron chi connectivity index (χ4n) is 3.83. The maximum absolute atomic E-state index is 13.1. The molecule has 132 valence electrons. The third-order valence-corrected chi connectivity index (χ3v) is 5.12. The highest BCUT2D eigenvalue weighted by atomic mass is 19.1. The van der Waals surface area contributed by atoms with Crippen LogP contribution in [-0.4, -0.2) is 29.2 Å². The SMILES string of the molecule is O=C(CN1C(=O)N[C@@]2(CCCc3ccccc32)C1=O)c1ccc(F)cc1. The minimum absolute atomic E-state index is 0.261. The van der Waals surface area contributed by atoms with Crippen LogP contribution >= 0.6 is 0 Å². The Hall–Kier alpha value is -3.02. The van der Waals surface area contributed by atoms with Crippen LogP contribution in [0.5, 0.6) is 0 Å². The molecule has 1 aliphatic heterocycles. The van der Waals surface area contributed by atoms with Crippen molar-refractivity contribution in [1.82, 2.24) is 10.2 Å². The lowest BCUT2D eigenvalue weighted by molar-refractivity contribution is -0.131. The van der Waals surface area contributed by atoms with E-state index in [2.05, 4.69) is 5.32 Å². The lowest BCUT2D eigenvalue weighted by atomic mass is 9.76. The molecule has 0 bridgehead atoms. The van der Waals surface area contributed by atoms with Crippen LogP contribution in [0.2, 0.25) is 0 Å². The van der Waals surface area contributed by atoms with Crippen molar-refractivity contribution in [3.8, 4) is 0 Å². The minimum atomic E-state index is -1.09. The van der Waals surface area contributed by atoms with Crippen LogP contribution in [0.25, 0.3) is 0 Å². The molecule has 6 heteroatoms. The quantitative estimate of drug-likeness (QED) is 0.682. The molecule has 0 saturated carbocycles. The fraction of sp³-hybridized carbons (Fsp3) is 0.250. The third-order valence-electron chi connectivity index (χ3n) is 5.12. The van der Waals surface area contributed by atoms with E-state index in [4.69, 9.17) is 0 Å². The summed E-state index contributed by atoms with van der Waals surface area (Å²) < 4.78 is 13.0. The Bertz CT molecular complexity index is 910. The molecule has 2 aromatic rings. The van der Waals surface area contributed by atoms with Gasteiger partial charge in [-0.25, -0.2) is 9.18 Å². The van der Waals surface area contributed by atoms with Crippen molar-refractivity contribution < 1.29 is 18.8 Å². The van der Waals surface area contributed by atoms with Crippen molar-refractivity contribution in [2.75, 3.05) is 6.54 Å². The van der Waals surface area contributed by atoms with E-state index in [1.54, 1.807) is 0 Å². The molecule has 26 heavy (non-hydrogen) atoms. The number of hydrogen-bond acceptors (Lipinski definition) is 3. The standard InChI is InChI=1S/C20H17FN2O3/c21-15-9-7-14(8-10-15)17(24)12-23-18(25)20(22-19(23)26)11-3-5-13-4-1-2-6-16(13)20/h1-2,4,6-10H,3,5,11-12H2,(H,22,26)/t20-/m1/s1. The van der Waals surface area contributed by atoms with Gasteiger partial charge in [0, 0.05) is 5.56 Å². The zero-order valence-corrected chi connectivity index (χ0v) is 14.0. The summed E-state index contributed by atoms with van der Waals surface area (Å²) in [5.74, 6) is -1.26. The molecular formula is C20H17FN2O3. The van der Waals surface area contributed by atoms with E-state index in [1.165, 1.54) is 24.3 Å². The summed E-state index contributed by atoms with van der Waals surface area (Å²) >= 11 is 0. The van der Waals surface area contributed by atoms with Crippen LogP contribution < -0.4 is 5.32 Å². The van der Waals surface area contributed by atoms with Gasteiger partial charge in [0.2, 0.25) is 0 Å².